The van der Waals surface area contributed by atoms with Crippen LogP contribution in [0.1, 0.15) is 25.7 Å². The number of urea groups is 1. The van der Waals surface area contributed by atoms with Gasteiger partial charge in [-0.1, -0.05) is 23.1 Å². The zero-order chi connectivity index (χ0) is 23.8. The van der Waals surface area contributed by atoms with Gasteiger partial charge in [0.15, 0.2) is 5.84 Å². The van der Waals surface area contributed by atoms with Crippen molar-refractivity contribution in [3.05, 3.63) is 51.2 Å². The monoisotopic (exact) mass is 467 g/mol. The van der Waals surface area contributed by atoms with E-state index in [0.717, 1.165) is 5.56 Å². The van der Waals surface area contributed by atoms with Gasteiger partial charge in [0.1, 0.15) is 5.75 Å². The van der Waals surface area contributed by atoms with E-state index in [4.69, 9.17) is 4.74 Å². The molecule has 4 rings (SSSR count). The van der Waals surface area contributed by atoms with E-state index in [9.17, 15) is 19.6 Å². The molecule has 11 heteroatoms. The molecule has 1 saturated heterocycles. The Morgan fingerprint density at radius 3 is 2.73 bits per heavy atom. The van der Waals surface area contributed by atoms with Crippen LogP contribution in [0.3, 0.4) is 0 Å². The highest BCUT2D eigenvalue weighted by Gasteiger charge is 2.48. The van der Waals surface area contributed by atoms with Crippen molar-refractivity contribution in [2.45, 2.75) is 12.1 Å². The molecule has 0 spiro atoms. The molecule has 3 heterocycles. The van der Waals surface area contributed by atoms with Crippen molar-refractivity contribution in [1.29, 1.82) is 0 Å². The molecule has 1 aromatic heterocycles. The minimum Gasteiger partial charge on any atom is -0.497 e. The molecule has 0 radical (unpaired) electrons. The minimum atomic E-state index is -1.60. The van der Waals surface area contributed by atoms with Gasteiger partial charge in [0.2, 0.25) is 5.54 Å². The Kier molecular flexibility index (Phi) is 5.69. The van der Waals surface area contributed by atoms with E-state index < -0.39 is 17.5 Å². The second-order valence-corrected chi connectivity index (χ2v) is 8.81. The Morgan fingerprint density at radius 2 is 2.09 bits per heavy atom. The predicted octanol–water partition coefficient (Wildman–Crippen LogP) is 1.04. The molecule has 170 valence electrons. The number of nitrogens with zero attached hydrogens (tertiary/aromatic N) is 3. The molecule has 2 aliphatic heterocycles. The molecule has 4 amide bonds. The van der Waals surface area contributed by atoms with Gasteiger partial charge in [-0.15, -0.1) is 11.3 Å². The van der Waals surface area contributed by atoms with Crippen LogP contribution in [0.4, 0.5) is 4.79 Å². The number of methoxy groups -OCH3 is 1. The summed E-state index contributed by atoms with van der Waals surface area (Å²) in [6.45, 7) is 0.166. The fourth-order valence-corrected chi connectivity index (χ4v) is 4.59. The van der Waals surface area contributed by atoms with Crippen LogP contribution < -0.4 is 15.4 Å². The number of nitrogens with one attached hydrogen (secondary N) is 2. The van der Waals surface area contributed by atoms with Crippen molar-refractivity contribution in [3.63, 3.8) is 0 Å². The molecule has 3 N–H and O–H groups in total. The van der Waals surface area contributed by atoms with Gasteiger partial charge in [0.25, 0.3) is 11.8 Å². The first-order chi connectivity index (χ1) is 15.8. The normalized spacial score (nSPS) is 19.5. The summed E-state index contributed by atoms with van der Waals surface area (Å²) in [5.41, 5.74) is -0.306. The molecule has 2 aliphatic rings. The molecule has 0 aliphatic carbocycles. The summed E-state index contributed by atoms with van der Waals surface area (Å²) in [5, 5.41) is 17.3. The van der Waals surface area contributed by atoms with Gasteiger partial charge in [-0.3, -0.25) is 14.9 Å². The third-order valence-corrected chi connectivity index (χ3v) is 6.31. The van der Waals surface area contributed by atoms with Crippen LogP contribution in [0.25, 0.3) is 0 Å². The number of carbonyl (C=O) groups excluding carboxylic acids is 3. The number of fused-ring (bicyclic) bond motifs is 1. The number of ether oxygens (including phenoxy) is 1. The number of amidine groups is 1. The molecule has 0 saturated carbocycles. The van der Waals surface area contributed by atoms with Gasteiger partial charge < -0.3 is 25.1 Å². The van der Waals surface area contributed by atoms with Gasteiger partial charge in [-0.05, 0) is 29.8 Å². The molecule has 1 atom stereocenters. The highest BCUT2D eigenvalue weighted by molar-refractivity contribution is 7.14. The molecular formula is C22H21N5O5S. The number of oxime groups is 1. The van der Waals surface area contributed by atoms with Gasteiger partial charge in [0.05, 0.1) is 23.4 Å². The van der Waals surface area contributed by atoms with E-state index in [-0.39, 0.29) is 19.0 Å². The van der Waals surface area contributed by atoms with E-state index >= 15 is 0 Å². The number of rotatable bonds is 4. The first-order valence-electron chi connectivity index (χ1n) is 9.89. The molecule has 0 bridgehead atoms. The number of amides is 4. The summed E-state index contributed by atoms with van der Waals surface area (Å²) in [5.74, 6) is 5.83. The van der Waals surface area contributed by atoms with Crippen molar-refractivity contribution < 1.29 is 24.3 Å². The largest absolute Gasteiger partial charge is 0.497 e. The quantitative estimate of drug-likeness (QED) is 0.154. The second-order valence-electron chi connectivity index (χ2n) is 7.73. The van der Waals surface area contributed by atoms with Crippen molar-refractivity contribution >= 4 is 35.0 Å². The summed E-state index contributed by atoms with van der Waals surface area (Å²) in [6, 6.07) is 8.03. The van der Waals surface area contributed by atoms with Crippen LogP contribution in [0.2, 0.25) is 0 Å². The summed E-state index contributed by atoms with van der Waals surface area (Å²) in [4.78, 5) is 42.1. The number of carbonyl (C=O) groups is 3. The SMILES string of the molecule is COc1ccc2c(c1)C(=O)N(C[C@@]1(C#Cc3ccc(/C(=N\O)N(C)C)s3)NC(=O)NC1=O)C2. The van der Waals surface area contributed by atoms with E-state index in [0.29, 0.717) is 26.9 Å². The maximum atomic E-state index is 13.0. The third-order valence-electron chi connectivity index (χ3n) is 5.31. The summed E-state index contributed by atoms with van der Waals surface area (Å²) in [7, 11) is 5.01. The molecule has 1 fully saturated rings. The topological polar surface area (TPSA) is 124 Å². The smallest absolute Gasteiger partial charge is 0.323 e. The van der Waals surface area contributed by atoms with Gasteiger partial charge in [-0.2, -0.15) is 0 Å². The lowest BCUT2D eigenvalue weighted by Gasteiger charge is -2.26. The highest BCUT2D eigenvalue weighted by atomic mass is 32.1. The number of hydrogen-bond acceptors (Lipinski definition) is 7. The summed E-state index contributed by atoms with van der Waals surface area (Å²) >= 11 is 1.27. The maximum Gasteiger partial charge on any atom is 0.323 e. The number of imide groups is 1. The van der Waals surface area contributed by atoms with E-state index in [2.05, 4.69) is 27.6 Å². The Bertz CT molecular complexity index is 1240. The van der Waals surface area contributed by atoms with Crippen LogP contribution in [0, 0.1) is 11.8 Å². The molecule has 33 heavy (non-hydrogen) atoms. The van der Waals surface area contributed by atoms with E-state index in [1.54, 1.807) is 49.3 Å². The third kappa shape index (κ3) is 4.08. The Morgan fingerprint density at radius 1 is 1.30 bits per heavy atom. The average Bonchev–Trinajstić information content (AvgIpc) is 3.44. The zero-order valence-electron chi connectivity index (χ0n) is 18.1. The van der Waals surface area contributed by atoms with Crippen molar-refractivity contribution in [2.75, 3.05) is 27.7 Å². The predicted molar refractivity (Wildman–Crippen MR) is 120 cm³/mol. The lowest BCUT2D eigenvalue weighted by atomic mass is 9.99. The fraction of sp³-hybridized carbons (Fsp3) is 0.273. The minimum absolute atomic E-state index is 0.118. The Hall–Kier alpha value is -4.04. The Labute approximate surface area is 193 Å². The first-order valence-corrected chi connectivity index (χ1v) is 10.7. The van der Waals surface area contributed by atoms with Crippen molar-refractivity contribution in [1.82, 2.24) is 20.4 Å². The Balaban J connectivity index is 1.62. The summed E-state index contributed by atoms with van der Waals surface area (Å²) < 4.78 is 5.20. The number of thiophene rings is 1. The van der Waals surface area contributed by atoms with Gasteiger partial charge >= 0.3 is 6.03 Å². The second kappa shape index (κ2) is 8.48. The average molecular weight is 468 g/mol. The van der Waals surface area contributed by atoms with Crippen LogP contribution in [-0.4, -0.2) is 72.0 Å². The first kappa shape index (κ1) is 22.2. The molecular weight excluding hydrogens is 446 g/mol. The molecule has 1 aromatic carbocycles. The van der Waals surface area contributed by atoms with Crippen molar-refractivity contribution in [3.8, 4) is 17.6 Å². The molecule has 2 aromatic rings. The van der Waals surface area contributed by atoms with E-state index in [1.807, 2.05) is 0 Å². The molecule has 0 unspecified atom stereocenters. The van der Waals surface area contributed by atoms with Crippen LogP contribution in [0.15, 0.2) is 35.5 Å². The lowest BCUT2D eigenvalue weighted by molar-refractivity contribution is -0.122. The van der Waals surface area contributed by atoms with Gasteiger partial charge in [0, 0.05) is 26.2 Å². The standard InChI is InChI=1S/C22H21N5O5S/c1-26(2)18(25-31)17-7-6-15(33-17)8-9-22(20(29)23-21(30)24-22)12-27-11-13-4-5-14(32-3)10-16(13)19(27)28/h4-7,10,31H,11-12H2,1-3H3,(H2,23,24,29,30)/b25-18+/t22-/m1/s1. The van der Waals surface area contributed by atoms with Gasteiger partial charge in [-0.25, -0.2) is 4.79 Å². The van der Waals surface area contributed by atoms with Crippen LogP contribution >= 0.6 is 11.3 Å². The maximum absolute atomic E-state index is 13.0. The van der Waals surface area contributed by atoms with Crippen molar-refractivity contribution in [2.24, 2.45) is 5.16 Å². The highest BCUT2D eigenvalue weighted by Crippen LogP contribution is 2.28. The molecule has 10 nitrogen and oxygen atoms in total. The van der Waals surface area contributed by atoms with E-state index in [1.165, 1.54) is 23.3 Å². The lowest BCUT2D eigenvalue weighted by Crippen LogP contribution is -2.54. The fourth-order valence-electron chi connectivity index (χ4n) is 3.66. The number of benzene rings is 1. The zero-order valence-corrected chi connectivity index (χ0v) is 18.9. The summed E-state index contributed by atoms with van der Waals surface area (Å²) in [6.07, 6.45) is 0. The van der Waals surface area contributed by atoms with Crippen LogP contribution in [0.5, 0.6) is 5.75 Å². The van der Waals surface area contributed by atoms with Crippen LogP contribution in [-0.2, 0) is 11.3 Å². The number of hydrogen-bond donors (Lipinski definition) is 3.